The van der Waals surface area contributed by atoms with Crippen molar-refractivity contribution < 1.29 is 9.13 Å². The van der Waals surface area contributed by atoms with Crippen LogP contribution in [-0.2, 0) is 4.74 Å². The van der Waals surface area contributed by atoms with Gasteiger partial charge in [-0.1, -0.05) is 0 Å². The van der Waals surface area contributed by atoms with Crippen LogP contribution in [0.3, 0.4) is 0 Å². The van der Waals surface area contributed by atoms with Gasteiger partial charge in [-0.25, -0.2) is 4.39 Å². The molecule has 0 aromatic heterocycles. The minimum Gasteiger partial charge on any atom is -0.382 e. The smallest absolute Gasteiger partial charge is 0.123 e. The lowest BCUT2D eigenvalue weighted by molar-refractivity contribution is 0.153. The summed E-state index contributed by atoms with van der Waals surface area (Å²) < 4.78 is 17.9. The van der Waals surface area contributed by atoms with E-state index in [0.29, 0.717) is 6.61 Å². The number of aliphatic imine (C=N–C) groups is 1. The molecule has 86 valence electrons. The molecule has 1 aliphatic rings. The van der Waals surface area contributed by atoms with Gasteiger partial charge in [0.2, 0.25) is 0 Å². The second-order valence-corrected chi connectivity index (χ2v) is 5.11. The molecule has 16 heavy (non-hydrogen) atoms. The molecule has 1 heterocycles. The van der Waals surface area contributed by atoms with Gasteiger partial charge in [-0.3, -0.25) is 4.99 Å². The summed E-state index contributed by atoms with van der Waals surface area (Å²) in [5.74, 6) is 0.695. The Bertz CT molecular complexity index is 404. The molecule has 0 radical (unpaired) electrons. The summed E-state index contributed by atoms with van der Waals surface area (Å²) in [4.78, 5) is 4.64. The highest BCUT2D eigenvalue weighted by Gasteiger charge is 2.31. The third-order valence-electron chi connectivity index (χ3n) is 2.44. The minimum atomic E-state index is -0.216. The zero-order chi connectivity index (χ0) is 11.6. The van der Waals surface area contributed by atoms with Gasteiger partial charge in [0, 0.05) is 18.4 Å². The van der Waals surface area contributed by atoms with Gasteiger partial charge in [0.15, 0.2) is 0 Å². The predicted octanol–water partition coefficient (Wildman–Crippen LogP) is 2.72. The first-order valence-corrected chi connectivity index (χ1v) is 6.09. The first-order chi connectivity index (χ1) is 7.63. The molecule has 4 heteroatoms. The lowest BCUT2D eigenvalue weighted by Crippen LogP contribution is -2.28. The number of ether oxygens (including phenoxy) is 1. The van der Waals surface area contributed by atoms with Crippen molar-refractivity contribution in [1.82, 2.24) is 0 Å². The molecule has 0 amide bonds. The number of rotatable bonds is 3. The van der Waals surface area contributed by atoms with Gasteiger partial charge < -0.3 is 4.74 Å². The average molecular weight is 239 g/mol. The fourth-order valence-corrected chi connectivity index (χ4v) is 2.84. The number of nitrogens with zero attached hydrogens (tertiary/aromatic N) is 1. The molecule has 2 nitrogen and oxygen atoms in total. The summed E-state index contributed by atoms with van der Waals surface area (Å²) in [5, 5.41) is 0.972. The summed E-state index contributed by atoms with van der Waals surface area (Å²) in [6.45, 7) is 2.69. The Balaban J connectivity index is 2.20. The van der Waals surface area contributed by atoms with Gasteiger partial charge in [-0.2, -0.15) is 0 Å². The zero-order valence-electron chi connectivity index (χ0n) is 9.37. The Morgan fingerprint density at radius 2 is 2.12 bits per heavy atom. The molecule has 0 spiro atoms. The Kier molecular flexibility index (Phi) is 3.30. The van der Waals surface area contributed by atoms with E-state index in [1.54, 1.807) is 31.0 Å². The SMILES string of the molecule is COCC1(C)CSC(c2ccc(F)cc2)=N1. The highest BCUT2D eigenvalue weighted by molar-refractivity contribution is 8.14. The second-order valence-electron chi connectivity index (χ2n) is 4.14. The average Bonchev–Trinajstić information content (AvgIpc) is 2.62. The van der Waals surface area contributed by atoms with Crippen molar-refractivity contribution in [3.05, 3.63) is 35.6 Å². The normalized spacial score (nSPS) is 24.6. The Hall–Kier alpha value is -0.870. The molecule has 2 rings (SSSR count). The largest absolute Gasteiger partial charge is 0.382 e. The maximum absolute atomic E-state index is 12.8. The first-order valence-electron chi connectivity index (χ1n) is 5.10. The molecular formula is C12H14FNOS. The quantitative estimate of drug-likeness (QED) is 0.809. The molecule has 1 aromatic carbocycles. The minimum absolute atomic E-state index is 0.150. The molecule has 0 N–H and O–H groups in total. The van der Waals surface area contributed by atoms with E-state index in [9.17, 15) is 4.39 Å². The molecule has 0 bridgehead atoms. The number of methoxy groups -OCH3 is 1. The molecule has 1 atom stereocenters. The van der Waals surface area contributed by atoms with E-state index in [0.717, 1.165) is 16.4 Å². The molecule has 0 saturated carbocycles. The number of hydrogen-bond donors (Lipinski definition) is 0. The van der Waals surface area contributed by atoms with Gasteiger partial charge in [0.05, 0.1) is 17.2 Å². The van der Waals surface area contributed by atoms with E-state index in [-0.39, 0.29) is 11.4 Å². The van der Waals surface area contributed by atoms with E-state index < -0.39 is 0 Å². The van der Waals surface area contributed by atoms with Gasteiger partial charge in [-0.05, 0) is 31.2 Å². The van der Waals surface area contributed by atoms with Crippen molar-refractivity contribution in [2.45, 2.75) is 12.5 Å². The highest BCUT2D eigenvalue weighted by Crippen LogP contribution is 2.31. The van der Waals surface area contributed by atoms with Crippen molar-refractivity contribution in [3.63, 3.8) is 0 Å². The summed E-state index contributed by atoms with van der Waals surface area (Å²) >= 11 is 1.70. The van der Waals surface area contributed by atoms with Crippen LogP contribution in [0, 0.1) is 5.82 Å². The Morgan fingerprint density at radius 1 is 1.44 bits per heavy atom. The van der Waals surface area contributed by atoms with Crippen LogP contribution in [0.5, 0.6) is 0 Å². The monoisotopic (exact) mass is 239 g/mol. The van der Waals surface area contributed by atoms with E-state index in [1.807, 2.05) is 0 Å². The maximum Gasteiger partial charge on any atom is 0.123 e. The van der Waals surface area contributed by atoms with E-state index in [4.69, 9.17) is 4.74 Å². The van der Waals surface area contributed by atoms with Crippen LogP contribution in [0.1, 0.15) is 12.5 Å². The third-order valence-corrected chi connectivity index (χ3v) is 3.80. The zero-order valence-corrected chi connectivity index (χ0v) is 10.2. The van der Waals surface area contributed by atoms with Gasteiger partial charge in [0.1, 0.15) is 5.82 Å². The van der Waals surface area contributed by atoms with Crippen LogP contribution in [0.15, 0.2) is 29.3 Å². The topological polar surface area (TPSA) is 21.6 Å². The van der Waals surface area contributed by atoms with Crippen molar-refractivity contribution in [2.24, 2.45) is 4.99 Å². The van der Waals surface area contributed by atoms with Crippen LogP contribution >= 0.6 is 11.8 Å². The van der Waals surface area contributed by atoms with Crippen LogP contribution in [-0.4, -0.2) is 30.1 Å². The van der Waals surface area contributed by atoms with Gasteiger partial charge >= 0.3 is 0 Å². The summed E-state index contributed by atoms with van der Waals surface area (Å²) in [5.41, 5.74) is 0.828. The summed E-state index contributed by atoms with van der Waals surface area (Å²) in [6, 6.07) is 6.45. The lowest BCUT2D eigenvalue weighted by atomic mass is 10.1. The van der Waals surface area contributed by atoms with Crippen molar-refractivity contribution in [1.29, 1.82) is 0 Å². The fraction of sp³-hybridized carbons (Fsp3) is 0.417. The fourth-order valence-electron chi connectivity index (χ4n) is 1.66. The van der Waals surface area contributed by atoms with Gasteiger partial charge in [0.25, 0.3) is 0 Å². The third kappa shape index (κ3) is 2.44. The predicted molar refractivity (Wildman–Crippen MR) is 65.7 cm³/mol. The molecule has 0 saturated heterocycles. The standard InChI is InChI=1S/C12H14FNOS/c1-12(7-15-2)8-16-11(14-12)9-3-5-10(13)6-4-9/h3-6H,7-8H2,1-2H3. The van der Waals surface area contributed by atoms with E-state index in [1.165, 1.54) is 12.1 Å². The molecule has 1 aromatic rings. The number of hydrogen-bond acceptors (Lipinski definition) is 3. The van der Waals surface area contributed by atoms with Crippen molar-refractivity contribution in [2.75, 3.05) is 19.5 Å². The van der Waals surface area contributed by atoms with Crippen LogP contribution in [0.25, 0.3) is 0 Å². The first kappa shape index (κ1) is 11.6. The van der Waals surface area contributed by atoms with Gasteiger partial charge in [-0.15, -0.1) is 11.8 Å². The lowest BCUT2D eigenvalue weighted by Gasteiger charge is -2.17. The van der Waals surface area contributed by atoms with E-state index >= 15 is 0 Å². The molecule has 0 fully saturated rings. The van der Waals surface area contributed by atoms with Crippen molar-refractivity contribution in [3.8, 4) is 0 Å². The Morgan fingerprint density at radius 3 is 2.75 bits per heavy atom. The molecule has 1 aliphatic heterocycles. The highest BCUT2D eigenvalue weighted by atomic mass is 32.2. The maximum atomic E-state index is 12.8. The summed E-state index contributed by atoms with van der Waals surface area (Å²) in [7, 11) is 1.68. The molecule has 0 aliphatic carbocycles. The Labute approximate surface area is 98.9 Å². The summed E-state index contributed by atoms with van der Waals surface area (Å²) in [6.07, 6.45) is 0. The molecule has 1 unspecified atom stereocenters. The van der Waals surface area contributed by atoms with Crippen LogP contribution < -0.4 is 0 Å². The van der Waals surface area contributed by atoms with Crippen LogP contribution in [0.4, 0.5) is 4.39 Å². The second kappa shape index (κ2) is 4.55. The van der Waals surface area contributed by atoms with Crippen LogP contribution in [0.2, 0.25) is 0 Å². The number of thioether (sulfide) groups is 1. The van der Waals surface area contributed by atoms with E-state index in [2.05, 4.69) is 11.9 Å². The number of halogens is 1. The van der Waals surface area contributed by atoms with Crippen molar-refractivity contribution >= 4 is 16.8 Å². The molecular weight excluding hydrogens is 225 g/mol. The number of benzene rings is 1.